The predicted molar refractivity (Wildman–Crippen MR) is 65.4 cm³/mol. The zero-order chi connectivity index (χ0) is 14.4. The van der Waals surface area contributed by atoms with Gasteiger partial charge >= 0.3 is 5.97 Å². The maximum atomic E-state index is 11.3. The van der Waals surface area contributed by atoms with Crippen LogP contribution in [-0.4, -0.2) is 31.2 Å². The van der Waals surface area contributed by atoms with Crippen LogP contribution in [0.1, 0.15) is 16.8 Å². The van der Waals surface area contributed by atoms with Gasteiger partial charge in [0.2, 0.25) is 5.91 Å². The van der Waals surface area contributed by atoms with E-state index in [2.05, 4.69) is 5.32 Å². The van der Waals surface area contributed by atoms with Crippen molar-refractivity contribution in [3.8, 4) is 17.6 Å². The van der Waals surface area contributed by atoms with Crippen LogP contribution < -0.4 is 14.8 Å². The van der Waals surface area contributed by atoms with Crippen molar-refractivity contribution in [1.29, 1.82) is 5.26 Å². The number of anilines is 1. The highest BCUT2D eigenvalue weighted by Crippen LogP contribution is 2.33. The minimum atomic E-state index is -1.23. The fraction of sp³-hybridized carbons (Fsp3) is 0.250. The second-order valence-electron chi connectivity index (χ2n) is 3.44. The van der Waals surface area contributed by atoms with Crippen LogP contribution in [0.15, 0.2) is 12.1 Å². The van der Waals surface area contributed by atoms with E-state index < -0.39 is 11.9 Å². The molecule has 1 rings (SSSR count). The first-order valence-corrected chi connectivity index (χ1v) is 5.19. The van der Waals surface area contributed by atoms with Crippen molar-refractivity contribution in [3.63, 3.8) is 0 Å². The molecule has 7 nitrogen and oxygen atoms in total. The Bertz CT molecular complexity index is 548. The van der Waals surface area contributed by atoms with E-state index in [1.54, 1.807) is 6.07 Å². The molecule has 0 saturated carbocycles. The van der Waals surface area contributed by atoms with Crippen LogP contribution in [0.3, 0.4) is 0 Å². The van der Waals surface area contributed by atoms with E-state index in [4.69, 9.17) is 19.8 Å². The summed E-state index contributed by atoms with van der Waals surface area (Å²) in [6.45, 7) is 0. The molecule has 1 aromatic rings. The molecule has 0 saturated heterocycles. The summed E-state index contributed by atoms with van der Waals surface area (Å²) in [5.41, 5.74) is -0.102. The first-order valence-electron chi connectivity index (χ1n) is 5.19. The Hall–Kier alpha value is -2.75. The lowest BCUT2D eigenvalue weighted by atomic mass is 10.1. The molecule has 0 spiro atoms. The van der Waals surface area contributed by atoms with Crippen molar-refractivity contribution in [2.75, 3.05) is 19.5 Å². The number of hydrogen-bond donors (Lipinski definition) is 2. The van der Waals surface area contributed by atoms with Crippen LogP contribution in [0.5, 0.6) is 11.5 Å². The molecule has 7 heteroatoms. The summed E-state index contributed by atoms with van der Waals surface area (Å²) in [6.07, 6.45) is -0.368. The second kappa shape index (κ2) is 6.26. The van der Waals surface area contributed by atoms with E-state index in [0.29, 0.717) is 0 Å². The van der Waals surface area contributed by atoms with Crippen LogP contribution in [0.2, 0.25) is 0 Å². The summed E-state index contributed by atoms with van der Waals surface area (Å²) in [5.74, 6) is -1.32. The molecule has 1 aromatic carbocycles. The molecule has 2 N–H and O–H groups in total. The number of nitrogens with zero attached hydrogens (tertiary/aromatic N) is 1. The van der Waals surface area contributed by atoms with Crippen LogP contribution in [0.25, 0.3) is 0 Å². The molecule has 0 aliphatic carbocycles. The lowest BCUT2D eigenvalue weighted by molar-refractivity contribution is -0.115. The van der Waals surface area contributed by atoms with Gasteiger partial charge in [0.1, 0.15) is 6.42 Å². The normalized spacial score (nSPS) is 9.32. The number of rotatable bonds is 5. The smallest absolute Gasteiger partial charge is 0.337 e. The Morgan fingerprint density at radius 3 is 2.37 bits per heavy atom. The minimum absolute atomic E-state index is 0.0467. The lowest BCUT2D eigenvalue weighted by Gasteiger charge is -2.13. The number of carboxylic acids is 1. The average molecular weight is 264 g/mol. The number of aromatic carboxylic acids is 1. The molecular formula is C12H12N2O5. The molecule has 0 heterocycles. The van der Waals surface area contributed by atoms with Gasteiger partial charge in [-0.1, -0.05) is 0 Å². The largest absolute Gasteiger partial charge is 0.493 e. The SMILES string of the molecule is COc1cc(NC(=O)CC#N)c(C(=O)O)cc1OC. The number of carbonyl (C=O) groups is 2. The Morgan fingerprint density at radius 2 is 1.89 bits per heavy atom. The molecule has 0 bridgehead atoms. The molecule has 0 atom stereocenters. The van der Waals surface area contributed by atoms with Crippen molar-refractivity contribution >= 4 is 17.6 Å². The van der Waals surface area contributed by atoms with Crippen molar-refractivity contribution in [3.05, 3.63) is 17.7 Å². The maximum Gasteiger partial charge on any atom is 0.337 e. The molecule has 0 fully saturated rings. The van der Waals surface area contributed by atoms with Crippen LogP contribution >= 0.6 is 0 Å². The quantitative estimate of drug-likeness (QED) is 0.828. The lowest BCUT2D eigenvalue weighted by Crippen LogP contribution is -2.14. The van der Waals surface area contributed by atoms with Crippen LogP contribution in [0.4, 0.5) is 5.69 Å². The Kier molecular flexibility index (Phi) is 4.71. The summed E-state index contributed by atoms with van der Waals surface area (Å²) in [6, 6.07) is 4.24. The zero-order valence-corrected chi connectivity index (χ0v) is 10.4. The van der Waals surface area contributed by atoms with Crippen molar-refractivity contribution in [2.24, 2.45) is 0 Å². The number of amides is 1. The van der Waals surface area contributed by atoms with Gasteiger partial charge in [0.25, 0.3) is 0 Å². The number of methoxy groups -OCH3 is 2. The molecule has 19 heavy (non-hydrogen) atoms. The molecule has 0 unspecified atom stereocenters. The predicted octanol–water partition coefficient (Wildman–Crippen LogP) is 1.25. The monoisotopic (exact) mass is 264 g/mol. The van der Waals surface area contributed by atoms with Crippen molar-refractivity contribution in [2.45, 2.75) is 6.42 Å². The van der Waals surface area contributed by atoms with Gasteiger partial charge in [-0.05, 0) is 0 Å². The molecule has 1 amide bonds. The Morgan fingerprint density at radius 1 is 1.32 bits per heavy atom. The van der Waals surface area contributed by atoms with Gasteiger partial charge in [-0.3, -0.25) is 4.79 Å². The first-order chi connectivity index (χ1) is 9.03. The van der Waals surface area contributed by atoms with E-state index >= 15 is 0 Å². The second-order valence-corrected chi connectivity index (χ2v) is 3.44. The number of ether oxygens (including phenoxy) is 2. The van der Waals surface area contributed by atoms with Gasteiger partial charge in [0.05, 0.1) is 31.5 Å². The van der Waals surface area contributed by atoms with E-state index in [-0.39, 0.29) is 29.2 Å². The number of hydrogen-bond acceptors (Lipinski definition) is 5. The van der Waals surface area contributed by atoms with Gasteiger partial charge in [-0.2, -0.15) is 5.26 Å². The summed E-state index contributed by atoms with van der Waals surface area (Å²) in [7, 11) is 2.76. The fourth-order valence-electron chi connectivity index (χ4n) is 1.43. The first kappa shape index (κ1) is 14.3. The number of nitriles is 1. The molecule has 0 aliphatic heterocycles. The van der Waals surface area contributed by atoms with Gasteiger partial charge < -0.3 is 19.9 Å². The molecule has 0 aromatic heterocycles. The maximum absolute atomic E-state index is 11.3. The van der Waals surface area contributed by atoms with E-state index in [1.165, 1.54) is 26.4 Å². The van der Waals surface area contributed by atoms with Crippen LogP contribution in [0, 0.1) is 11.3 Å². The third kappa shape index (κ3) is 3.35. The Balaban J connectivity index is 3.24. The van der Waals surface area contributed by atoms with Gasteiger partial charge in [-0.25, -0.2) is 4.79 Å². The summed E-state index contributed by atoms with van der Waals surface area (Å²) in [4.78, 5) is 22.5. The number of carbonyl (C=O) groups excluding carboxylic acids is 1. The summed E-state index contributed by atoms with van der Waals surface area (Å²) in [5, 5.41) is 19.8. The molecule has 0 radical (unpaired) electrons. The highest BCUT2D eigenvalue weighted by Gasteiger charge is 2.17. The standard InChI is InChI=1S/C12H12N2O5/c1-18-9-5-7(12(16)17)8(6-10(9)19-2)14-11(15)3-4-13/h5-6H,3H2,1-2H3,(H,14,15)(H,16,17). The van der Waals surface area contributed by atoms with Gasteiger partial charge in [0.15, 0.2) is 11.5 Å². The summed E-state index contributed by atoms with van der Waals surface area (Å²) < 4.78 is 10.0. The fourth-order valence-corrected chi connectivity index (χ4v) is 1.43. The zero-order valence-electron chi connectivity index (χ0n) is 10.4. The van der Waals surface area contributed by atoms with Gasteiger partial charge in [-0.15, -0.1) is 0 Å². The Labute approximate surface area is 109 Å². The number of benzene rings is 1. The number of nitrogens with one attached hydrogen (secondary N) is 1. The minimum Gasteiger partial charge on any atom is -0.493 e. The highest BCUT2D eigenvalue weighted by molar-refractivity contribution is 6.01. The highest BCUT2D eigenvalue weighted by atomic mass is 16.5. The molecule has 0 aliphatic rings. The van der Waals surface area contributed by atoms with Crippen molar-refractivity contribution < 1.29 is 24.2 Å². The van der Waals surface area contributed by atoms with Gasteiger partial charge in [0, 0.05) is 12.1 Å². The molecular weight excluding hydrogens is 252 g/mol. The topological polar surface area (TPSA) is 109 Å². The van der Waals surface area contributed by atoms with E-state index in [1.807, 2.05) is 0 Å². The van der Waals surface area contributed by atoms with Crippen LogP contribution in [-0.2, 0) is 4.79 Å². The van der Waals surface area contributed by atoms with E-state index in [9.17, 15) is 9.59 Å². The average Bonchev–Trinajstić information content (AvgIpc) is 2.38. The van der Waals surface area contributed by atoms with E-state index in [0.717, 1.165) is 0 Å². The number of carboxylic acid groups (broad SMARTS) is 1. The third-order valence-electron chi connectivity index (χ3n) is 2.27. The molecule has 100 valence electrons. The summed E-state index contributed by atoms with van der Waals surface area (Å²) >= 11 is 0. The van der Waals surface area contributed by atoms with Crippen molar-refractivity contribution in [1.82, 2.24) is 0 Å². The third-order valence-corrected chi connectivity index (χ3v) is 2.27.